The maximum absolute atomic E-state index is 13.8. The highest BCUT2D eigenvalue weighted by molar-refractivity contribution is 7.99. The van der Waals surface area contributed by atoms with Gasteiger partial charge in [-0.1, -0.05) is 52.7 Å². The zero-order chi connectivity index (χ0) is 23.8. The van der Waals surface area contributed by atoms with Crippen molar-refractivity contribution in [1.82, 2.24) is 9.55 Å². The number of rotatable bonds is 5. The number of aromatic nitrogens is 2. The Balaban J connectivity index is 1.52. The van der Waals surface area contributed by atoms with Gasteiger partial charge in [0.2, 0.25) is 5.91 Å². The maximum Gasteiger partial charge on any atom is 0.267 e. The topological polar surface area (TPSA) is 64.0 Å². The summed E-state index contributed by atoms with van der Waals surface area (Å²) in [6, 6.07) is 12.7. The molecule has 5 rings (SSSR count). The minimum absolute atomic E-state index is 0.0672. The molecule has 0 unspecified atom stereocenters. The highest BCUT2D eigenvalue weighted by Crippen LogP contribution is 2.35. The van der Waals surface area contributed by atoms with Crippen molar-refractivity contribution >= 4 is 68.1 Å². The minimum atomic E-state index is -0.260. The Bertz CT molecular complexity index is 1460. The quantitative estimate of drug-likeness (QED) is 0.231. The van der Waals surface area contributed by atoms with Gasteiger partial charge in [0.25, 0.3) is 5.56 Å². The number of benzene rings is 2. The summed E-state index contributed by atoms with van der Waals surface area (Å²) in [4.78, 5) is 33.4. The summed E-state index contributed by atoms with van der Waals surface area (Å²) < 4.78 is 1.63. The van der Waals surface area contributed by atoms with Crippen LogP contribution in [-0.2, 0) is 17.6 Å². The standard InChI is InChI=1S/C25H21Cl2N3O2S2/c1-14-6-9-16(10-7-14)30-24(32)22-17-4-2-3-5-20(17)34-23(22)29-25(30)33-13-21(31)28-19-12-15(26)8-11-18(19)27/h6-12H,2-5,13H2,1H3,(H,28,31). The Kier molecular flexibility index (Phi) is 6.71. The number of nitrogens with zero attached hydrogens (tertiary/aromatic N) is 2. The molecule has 0 aliphatic heterocycles. The van der Waals surface area contributed by atoms with Crippen molar-refractivity contribution in [3.05, 3.63) is 78.9 Å². The van der Waals surface area contributed by atoms with Crippen LogP contribution in [0, 0.1) is 6.92 Å². The smallest absolute Gasteiger partial charge is 0.267 e. The summed E-state index contributed by atoms with van der Waals surface area (Å²) in [5.41, 5.74) is 3.36. The number of aryl methyl sites for hydroxylation is 3. The molecule has 0 atom stereocenters. The normalized spacial score (nSPS) is 13.1. The molecule has 1 N–H and O–H groups in total. The molecule has 0 saturated carbocycles. The Hall–Kier alpha value is -2.32. The van der Waals surface area contributed by atoms with Gasteiger partial charge in [0.15, 0.2) is 5.16 Å². The predicted octanol–water partition coefficient (Wildman–Crippen LogP) is 6.67. The highest BCUT2D eigenvalue weighted by Gasteiger charge is 2.23. The summed E-state index contributed by atoms with van der Waals surface area (Å²) in [6.45, 7) is 2.00. The lowest BCUT2D eigenvalue weighted by Crippen LogP contribution is -2.23. The first-order valence-corrected chi connectivity index (χ1v) is 13.5. The molecule has 34 heavy (non-hydrogen) atoms. The molecule has 0 radical (unpaired) electrons. The Labute approximate surface area is 215 Å². The number of hydrogen-bond acceptors (Lipinski definition) is 5. The number of carbonyl (C=O) groups excluding carboxylic acids is 1. The minimum Gasteiger partial charge on any atom is -0.324 e. The number of thiophene rings is 1. The van der Waals surface area contributed by atoms with Crippen molar-refractivity contribution in [1.29, 1.82) is 0 Å². The van der Waals surface area contributed by atoms with Crippen LogP contribution in [-0.4, -0.2) is 21.2 Å². The van der Waals surface area contributed by atoms with E-state index in [-0.39, 0.29) is 17.2 Å². The van der Waals surface area contributed by atoms with Crippen LogP contribution < -0.4 is 10.9 Å². The van der Waals surface area contributed by atoms with Gasteiger partial charge in [-0.15, -0.1) is 11.3 Å². The fraction of sp³-hybridized carbons (Fsp3) is 0.240. The lowest BCUT2D eigenvalue weighted by atomic mass is 9.97. The molecule has 0 fully saturated rings. The van der Waals surface area contributed by atoms with Crippen molar-refractivity contribution in [2.24, 2.45) is 0 Å². The molecule has 1 amide bonds. The molecule has 174 valence electrons. The SMILES string of the molecule is Cc1ccc(-n2c(SCC(=O)Nc3cc(Cl)ccc3Cl)nc3sc4c(c3c2=O)CCCC4)cc1. The molecular weight excluding hydrogens is 509 g/mol. The summed E-state index contributed by atoms with van der Waals surface area (Å²) in [5.74, 6) is -0.193. The van der Waals surface area contributed by atoms with E-state index in [0.717, 1.165) is 52.7 Å². The van der Waals surface area contributed by atoms with Crippen LogP contribution in [0.15, 0.2) is 52.4 Å². The van der Waals surface area contributed by atoms with Crippen LogP contribution in [0.3, 0.4) is 0 Å². The van der Waals surface area contributed by atoms with Crippen LogP contribution in [0.2, 0.25) is 10.0 Å². The number of fused-ring (bicyclic) bond motifs is 3. The molecule has 5 nitrogen and oxygen atoms in total. The molecule has 4 aromatic rings. The molecular formula is C25H21Cl2N3O2S2. The number of anilines is 1. The van der Waals surface area contributed by atoms with E-state index in [1.165, 1.54) is 16.6 Å². The van der Waals surface area contributed by atoms with Crippen molar-refractivity contribution in [2.75, 3.05) is 11.1 Å². The number of hydrogen-bond donors (Lipinski definition) is 1. The predicted molar refractivity (Wildman–Crippen MR) is 142 cm³/mol. The van der Waals surface area contributed by atoms with E-state index in [9.17, 15) is 9.59 Å². The third-order valence-corrected chi connectivity index (χ3v) is 8.47. The first-order valence-electron chi connectivity index (χ1n) is 10.9. The van der Waals surface area contributed by atoms with Crippen LogP contribution >= 0.6 is 46.3 Å². The fourth-order valence-corrected chi connectivity index (χ4v) is 6.57. The number of halogens is 2. The average Bonchev–Trinajstić information content (AvgIpc) is 3.20. The number of carbonyl (C=O) groups is 1. The second-order valence-electron chi connectivity index (χ2n) is 8.22. The van der Waals surface area contributed by atoms with E-state index in [4.69, 9.17) is 28.2 Å². The lowest BCUT2D eigenvalue weighted by Gasteiger charge is -2.14. The van der Waals surface area contributed by atoms with Gasteiger partial charge in [0.05, 0.1) is 27.5 Å². The van der Waals surface area contributed by atoms with Crippen molar-refractivity contribution in [2.45, 2.75) is 37.8 Å². The zero-order valence-electron chi connectivity index (χ0n) is 18.4. The van der Waals surface area contributed by atoms with E-state index in [1.807, 2.05) is 31.2 Å². The van der Waals surface area contributed by atoms with Crippen LogP contribution in [0.1, 0.15) is 28.8 Å². The van der Waals surface area contributed by atoms with Gasteiger partial charge in [-0.05, 0) is 68.5 Å². The second kappa shape index (κ2) is 9.74. The number of nitrogens with one attached hydrogen (secondary N) is 1. The fourth-order valence-electron chi connectivity index (χ4n) is 4.11. The largest absolute Gasteiger partial charge is 0.324 e. The van der Waals surface area contributed by atoms with Crippen molar-refractivity contribution in [3.8, 4) is 5.69 Å². The monoisotopic (exact) mass is 529 g/mol. The van der Waals surface area contributed by atoms with Crippen LogP contribution in [0.25, 0.3) is 15.9 Å². The third kappa shape index (κ3) is 4.62. The van der Waals surface area contributed by atoms with E-state index in [1.54, 1.807) is 34.1 Å². The third-order valence-electron chi connectivity index (χ3n) is 5.79. The first-order chi connectivity index (χ1) is 16.4. The van der Waals surface area contributed by atoms with E-state index in [2.05, 4.69) is 5.32 Å². The first kappa shape index (κ1) is 23.4. The average molecular weight is 531 g/mol. The zero-order valence-corrected chi connectivity index (χ0v) is 21.5. The summed E-state index contributed by atoms with van der Waals surface area (Å²) >= 11 is 15.0. The second-order valence-corrected chi connectivity index (χ2v) is 11.1. The Morgan fingerprint density at radius 2 is 1.91 bits per heavy atom. The van der Waals surface area contributed by atoms with Gasteiger partial charge in [0, 0.05) is 9.90 Å². The van der Waals surface area contributed by atoms with Gasteiger partial charge < -0.3 is 5.32 Å². The van der Waals surface area contributed by atoms with Gasteiger partial charge in [-0.3, -0.25) is 14.2 Å². The van der Waals surface area contributed by atoms with Gasteiger partial charge in [0.1, 0.15) is 4.83 Å². The number of amides is 1. The molecule has 2 aromatic carbocycles. The van der Waals surface area contributed by atoms with E-state index >= 15 is 0 Å². The van der Waals surface area contributed by atoms with E-state index in [0.29, 0.717) is 20.9 Å². The molecule has 2 aromatic heterocycles. The van der Waals surface area contributed by atoms with E-state index < -0.39 is 0 Å². The molecule has 0 saturated heterocycles. The summed E-state index contributed by atoms with van der Waals surface area (Å²) in [5, 5.41) is 4.89. The van der Waals surface area contributed by atoms with Gasteiger partial charge in [-0.2, -0.15) is 0 Å². The van der Waals surface area contributed by atoms with Crippen LogP contribution in [0.4, 0.5) is 5.69 Å². The van der Waals surface area contributed by atoms with Crippen molar-refractivity contribution < 1.29 is 4.79 Å². The summed E-state index contributed by atoms with van der Waals surface area (Å²) in [7, 11) is 0. The molecule has 1 aliphatic rings. The van der Waals surface area contributed by atoms with Crippen LogP contribution in [0.5, 0.6) is 0 Å². The Morgan fingerprint density at radius 1 is 1.15 bits per heavy atom. The highest BCUT2D eigenvalue weighted by atomic mass is 35.5. The Morgan fingerprint density at radius 3 is 2.71 bits per heavy atom. The lowest BCUT2D eigenvalue weighted by molar-refractivity contribution is -0.113. The van der Waals surface area contributed by atoms with Crippen molar-refractivity contribution in [3.63, 3.8) is 0 Å². The maximum atomic E-state index is 13.8. The molecule has 2 heterocycles. The molecule has 0 bridgehead atoms. The molecule has 0 spiro atoms. The molecule has 1 aliphatic carbocycles. The van der Waals surface area contributed by atoms with Gasteiger partial charge in [-0.25, -0.2) is 4.98 Å². The summed E-state index contributed by atoms with van der Waals surface area (Å²) in [6.07, 6.45) is 4.13. The van der Waals surface area contributed by atoms with Gasteiger partial charge >= 0.3 is 0 Å². The molecule has 9 heteroatoms. The number of thioether (sulfide) groups is 1.